The second-order valence-corrected chi connectivity index (χ2v) is 6.89. The molecule has 0 amide bonds. The molecule has 0 bridgehead atoms. The number of aromatic nitrogens is 4. The number of aryl methyl sites for hydroxylation is 2. The molecular formula is C15H16N4O3S. The van der Waals surface area contributed by atoms with Crippen LogP contribution >= 0.6 is 11.3 Å². The highest BCUT2D eigenvalue weighted by molar-refractivity contribution is 7.18. The fourth-order valence-corrected chi connectivity index (χ4v) is 3.76. The van der Waals surface area contributed by atoms with Gasteiger partial charge in [0.05, 0.1) is 18.3 Å². The quantitative estimate of drug-likeness (QED) is 0.732. The van der Waals surface area contributed by atoms with Gasteiger partial charge < -0.3 is 9.26 Å². The van der Waals surface area contributed by atoms with Gasteiger partial charge in [-0.25, -0.2) is 4.98 Å². The molecule has 0 radical (unpaired) electrons. The van der Waals surface area contributed by atoms with Crippen molar-refractivity contribution in [1.82, 2.24) is 19.7 Å². The molecule has 1 fully saturated rings. The first-order valence-corrected chi connectivity index (χ1v) is 8.34. The molecule has 120 valence electrons. The van der Waals surface area contributed by atoms with E-state index in [0.717, 1.165) is 34.7 Å². The Hall–Kier alpha value is -2.06. The molecule has 3 aromatic heterocycles. The minimum absolute atomic E-state index is 0.0692. The Bertz CT molecular complexity index is 921. The lowest BCUT2D eigenvalue weighted by molar-refractivity contribution is 0.0835. The SMILES string of the molecule is Cc1sc2ncn(Cc3noc([C@H]4CCCO4)n3)c(=O)c2c1C. The molecule has 0 aliphatic carbocycles. The highest BCUT2D eigenvalue weighted by Gasteiger charge is 2.24. The molecule has 1 aliphatic heterocycles. The third-order valence-electron chi connectivity index (χ3n) is 4.16. The average Bonchev–Trinajstić information content (AvgIpc) is 3.24. The van der Waals surface area contributed by atoms with Gasteiger partial charge in [-0.15, -0.1) is 11.3 Å². The molecule has 3 aromatic rings. The Morgan fingerprint density at radius 2 is 2.30 bits per heavy atom. The van der Waals surface area contributed by atoms with E-state index < -0.39 is 0 Å². The van der Waals surface area contributed by atoms with Crippen molar-refractivity contribution in [3.63, 3.8) is 0 Å². The number of hydrogen-bond acceptors (Lipinski definition) is 7. The summed E-state index contributed by atoms with van der Waals surface area (Å²) in [5, 5.41) is 4.63. The minimum Gasteiger partial charge on any atom is -0.368 e. The summed E-state index contributed by atoms with van der Waals surface area (Å²) in [6.07, 6.45) is 3.32. The van der Waals surface area contributed by atoms with Crippen LogP contribution in [0.2, 0.25) is 0 Å². The van der Waals surface area contributed by atoms with Gasteiger partial charge in [0.15, 0.2) is 5.82 Å². The van der Waals surface area contributed by atoms with Gasteiger partial charge in [0, 0.05) is 11.5 Å². The molecule has 0 aromatic carbocycles. The van der Waals surface area contributed by atoms with Gasteiger partial charge in [-0.3, -0.25) is 9.36 Å². The topological polar surface area (TPSA) is 83.0 Å². The number of fused-ring (bicyclic) bond motifs is 1. The first-order valence-electron chi connectivity index (χ1n) is 7.52. The van der Waals surface area contributed by atoms with E-state index in [0.29, 0.717) is 17.1 Å². The third-order valence-corrected chi connectivity index (χ3v) is 5.27. The summed E-state index contributed by atoms with van der Waals surface area (Å²) in [6.45, 7) is 4.91. The van der Waals surface area contributed by atoms with E-state index >= 15 is 0 Å². The van der Waals surface area contributed by atoms with Crippen LogP contribution in [-0.2, 0) is 11.3 Å². The zero-order valence-electron chi connectivity index (χ0n) is 12.9. The maximum Gasteiger partial charge on any atom is 0.262 e. The van der Waals surface area contributed by atoms with Crippen LogP contribution in [0.4, 0.5) is 0 Å². The fraction of sp³-hybridized carbons (Fsp3) is 0.467. The van der Waals surface area contributed by atoms with Crippen LogP contribution in [0.3, 0.4) is 0 Å². The van der Waals surface area contributed by atoms with Crippen LogP contribution in [0.5, 0.6) is 0 Å². The van der Waals surface area contributed by atoms with Crippen LogP contribution in [0.15, 0.2) is 15.6 Å². The highest BCUT2D eigenvalue weighted by Crippen LogP contribution is 2.27. The first-order chi connectivity index (χ1) is 11.1. The Morgan fingerprint density at radius 1 is 1.43 bits per heavy atom. The van der Waals surface area contributed by atoms with E-state index in [-0.39, 0.29) is 18.2 Å². The molecular weight excluding hydrogens is 316 g/mol. The molecule has 0 saturated carbocycles. The summed E-state index contributed by atoms with van der Waals surface area (Å²) in [6, 6.07) is 0. The second kappa shape index (κ2) is 5.54. The van der Waals surface area contributed by atoms with Crippen molar-refractivity contribution in [2.45, 2.75) is 39.3 Å². The van der Waals surface area contributed by atoms with Gasteiger partial charge in [0.1, 0.15) is 10.9 Å². The summed E-state index contributed by atoms with van der Waals surface area (Å²) in [4.78, 5) is 23.3. The maximum atomic E-state index is 12.6. The lowest BCUT2D eigenvalue weighted by Gasteiger charge is -2.02. The molecule has 4 rings (SSSR count). The number of rotatable bonds is 3. The van der Waals surface area contributed by atoms with Crippen molar-refractivity contribution in [3.05, 3.63) is 38.8 Å². The van der Waals surface area contributed by atoms with Crippen LogP contribution in [0.25, 0.3) is 10.2 Å². The Kier molecular flexibility index (Phi) is 3.50. The Balaban J connectivity index is 1.66. The van der Waals surface area contributed by atoms with Gasteiger partial charge in [-0.2, -0.15) is 4.98 Å². The molecule has 7 nitrogen and oxygen atoms in total. The van der Waals surface area contributed by atoms with Crippen molar-refractivity contribution >= 4 is 21.6 Å². The number of ether oxygens (including phenoxy) is 1. The molecule has 4 heterocycles. The zero-order chi connectivity index (χ0) is 16.0. The molecule has 0 spiro atoms. The molecule has 23 heavy (non-hydrogen) atoms. The molecule has 0 N–H and O–H groups in total. The van der Waals surface area contributed by atoms with E-state index in [1.165, 1.54) is 15.9 Å². The summed E-state index contributed by atoms with van der Waals surface area (Å²) in [5.41, 5.74) is 0.922. The Labute approximate surface area is 135 Å². The van der Waals surface area contributed by atoms with Crippen molar-refractivity contribution in [2.75, 3.05) is 6.61 Å². The highest BCUT2D eigenvalue weighted by atomic mass is 32.1. The molecule has 0 unspecified atom stereocenters. The smallest absolute Gasteiger partial charge is 0.262 e. The van der Waals surface area contributed by atoms with Crippen LogP contribution in [0.1, 0.15) is 41.1 Å². The van der Waals surface area contributed by atoms with Gasteiger partial charge in [-0.1, -0.05) is 5.16 Å². The number of thiophene rings is 1. The standard InChI is InChI=1S/C15H16N4O3S/c1-8-9(2)23-14-12(8)15(20)19(7-16-14)6-11-17-13(22-18-11)10-4-3-5-21-10/h7,10H,3-6H2,1-2H3/t10-/m1/s1. The summed E-state index contributed by atoms with van der Waals surface area (Å²) < 4.78 is 12.3. The van der Waals surface area contributed by atoms with Gasteiger partial charge in [0.25, 0.3) is 11.4 Å². The first kappa shape index (κ1) is 14.5. The summed E-state index contributed by atoms with van der Waals surface area (Å²) in [5.74, 6) is 0.950. The molecule has 1 saturated heterocycles. The van der Waals surface area contributed by atoms with Crippen LogP contribution < -0.4 is 5.56 Å². The largest absolute Gasteiger partial charge is 0.368 e. The third kappa shape index (κ3) is 2.47. The zero-order valence-corrected chi connectivity index (χ0v) is 13.7. The molecule has 1 aliphatic rings. The van der Waals surface area contributed by atoms with Crippen molar-refractivity contribution < 1.29 is 9.26 Å². The summed E-state index contributed by atoms with van der Waals surface area (Å²) in [7, 11) is 0. The van der Waals surface area contributed by atoms with E-state index in [1.807, 2.05) is 13.8 Å². The normalized spacial score (nSPS) is 18.1. The van der Waals surface area contributed by atoms with Crippen molar-refractivity contribution in [2.24, 2.45) is 0 Å². The van der Waals surface area contributed by atoms with E-state index in [1.54, 1.807) is 6.33 Å². The lowest BCUT2D eigenvalue weighted by Crippen LogP contribution is -2.21. The lowest BCUT2D eigenvalue weighted by atomic mass is 10.2. The summed E-state index contributed by atoms with van der Waals surface area (Å²) >= 11 is 1.54. The monoisotopic (exact) mass is 332 g/mol. The average molecular weight is 332 g/mol. The van der Waals surface area contributed by atoms with Gasteiger partial charge in [-0.05, 0) is 32.3 Å². The second-order valence-electron chi connectivity index (χ2n) is 5.69. The number of nitrogens with zero attached hydrogens (tertiary/aromatic N) is 4. The minimum atomic E-state index is -0.115. The molecule has 8 heteroatoms. The maximum absolute atomic E-state index is 12.6. The van der Waals surface area contributed by atoms with Crippen LogP contribution in [-0.4, -0.2) is 26.3 Å². The van der Waals surface area contributed by atoms with Crippen molar-refractivity contribution in [1.29, 1.82) is 0 Å². The van der Waals surface area contributed by atoms with Gasteiger partial charge >= 0.3 is 0 Å². The van der Waals surface area contributed by atoms with E-state index in [2.05, 4.69) is 15.1 Å². The van der Waals surface area contributed by atoms with E-state index in [9.17, 15) is 4.79 Å². The number of hydrogen-bond donors (Lipinski definition) is 0. The molecule has 1 atom stereocenters. The predicted molar refractivity (Wildman–Crippen MR) is 84.7 cm³/mol. The Morgan fingerprint density at radius 3 is 3.09 bits per heavy atom. The van der Waals surface area contributed by atoms with Gasteiger partial charge in [0.2, 0.25) is 0 Å². The van der Waals surface area contributed by atoms with E-state index in [4.69, 9.17) is 9.26 Å². The fourth-order valence-electron chi connectivity index (χ4n) is 2.77. The van der Waals surface area contributed by atoms with Crippen LogP contribution in [0, 0.1) is 13.8 Å². The predicted octanol–water partition coefficient (Wildman–Crippen LogP) is 2.36. The van der Waals surface area contributed by atoms with Crippen molar-refractivity contribution in [3.8, 4) is 0 Å².